The van der Waals surface area contributed by atoms with Gasteiger partial charge in [0.1, 0.15) is 5.70 Å². The number of amides is 1. The molecule has 6 heteroatoms. The molecule has 0 bridgehead atoms. The van der Waals surface area contributed by atoms with Crippen molar-refractivity contribution in [3.63, 3.8) is 0 Å². The minimum absolute atomic E-state index is 0.260. The van der Waals surface area contributed by atoms with E-state index in [4.69, 9.17) is 11.6 Å². The molecule has 0 spiro atoms. The fourth-order valence-electron chi connectivity index (χ4n) is 1.01. The van der Waals surface area contributed by atoms with Crippen LogP contribution in [-0.2, 0) is 4.79 Å². The zero-order chi connectivity index (χ0) is 12.6. The SMILES string of the molecule is CCC/C=C(\N)NC(=O)/C(NN)=C(\C)NC. The summed E-state index contributed by atoms with van der Waals surface area (Å²) in [6, 6.07) is 0. The van der Waals surface area contributed by atoms with Gasteiger partial charge in [0.2, 0.25) is 0 Å². The molecule has 0 unspecified atom stereocenters. The van der Waals surface area contributed by atoms with Gasteiger partial charge < -0.3 is 21.8 Å². The van der Waals surface area contributed by atoms with E-state index in [0.29, 0.717) is 11.5 Å². The Balaban J connectivity index is 4.56. The molecule has 0 heterocycles. The molecule has 0 aromatic rings. The van der Waals surface area contributed by atoms with Crippen LogP contribution < -0.4 is 27.6 Å². The third-order valence-corrected chi connectivity index (χ3v) is 2.03. The number of unbranched alkanes of at least 4 members (excludes halogenated alkanes) is 1. The van der Waals surface area contributed by atoms with Crippen molar-refractivity contribution >= 4 is 5.91 Å². The third-order valence-electron chi connectivity index (χ3n) is 2.03. The Morgan fingerprint density at radius 2 is 2.06 bits per heavy atom. The second kappa shape index (κ2) is 7.58. The normalized spacial score (nSPS) is 12.9. The van der Waals surface area contributed by atoms with Gasteiger partial charge in [-0.3, -0.25) is 10.6 Å². The molecular weight excluding hydrogens is 206 g/mol. The Morgan fingerprint density at radius 1 is 1.44 bits per heavy atom. The summed E-state index contributed by atoms with van der Waals surface area (Å²) < 4.78 is 0. The summed E-state index contributed by atoms with van der Waals surface area (Å²) in [4.78, 5) is 11.7. The number of hydrogen-bond acceptors (Lipinski definition) is 5. The van der Waals surface area contributed by atoms with E-state index >= 15 is 0 Å². The van der Waals surface area contributed by atoms with Gasteiger partial charge in [-0.25, -0.2) is 0 Å². The summed E-state index contributed by atoms with van der Waals surface area (Å²) in [6.45, 7) is 3.77. The molecule has 0 aliphatic carbocycles. The van der Waals surface area contributed by atoms with Crippen molar-refractivity contribution in [2.45, 2.75) is 26.7 Å². The highest BCUT2D eigenvalue weighted by molar-refractivity contribution is 5.94. The van der Waals surface area contributed by atoms with Crippen LogP contribution in [0.15, 0.2) is 23.3 Å². The maximum Gasteiger partial charge on any atom is 0.275 e. The molecule has 7 N–H and O–H groups in total. The lowest BCUT2D eigenvalue weighted by atomic mass is 10.3. The highest BCUT2D eigenvalue weighted by Crippen LogP contribution is 1.97. The van der Waals surface area contributed by atoms with Crippen molar-refractivity contribution < 1.29 is 4.79 Å². The van der Waals surface area contributed by atoms with Gasteiger partial charge in [0, 0.05) is 12.7 Å². The molecule has 92 valence electrons. The lowest BCUT2D eigenvalue weighted by molar-refractivity contribution is -0.117. The number of nitrogens with one attached hydrogen (secondary N) is 3. The fourth-order valence-corrected chi connectivity index (χ4v) is 1.01. The van der Waals surface area contributed by atoms with Crippen LogP contribution in [0.2, 0.25) is 0 Å². The van der Waals surface area contributed by atoms with Gasteiger partial charge in [-0.15, -0.1) is 0 Å². The van der Waals surface area contributed by atoms with Crippen molar-refractivity contribution in [2.24, 2.45) is 11.6 Å². The maximum absolute atomic E-state index is 11.7. The van der Waals surface area contributed by atoms with E-state index in [0.717, 1.165) is 12.8 Å². The predicted octanol–water partition coefficient (Wildman–Crippen LogP) is -0.383. The van der Waals surface area contributed by atoms with Gasteiger partial charge in [0.05, 0.1) is 5.82 Å². The Morgan fingerprint density at radius 3 is 2.50 bits per heavy atom. The lowest BCUT2D eigenvalue weighted by Gasteiger charge is -2.11. The molecule has 0 aromatic carbocycles. The van der Waals surface area contributed by atoms with Crippen molar-refractivity contribution in [3.8, 4) is 0 Å². The molecule has 0 aliphatic heterocycles. The van der Waals surface area contributed by atoms with Crippen molar-refractivity contribution in [1.29, 1.82) is 0 Å². The average molecular weight is 227 g/mol. The van der Waals surface area contributed by atoms with Gasteiger partial charge in [0.15, 0.2) is 0 Å². The lowest BCUT2D eigenvalue weighted by Crippen LogP contribution is -2.38. The molecular formula is C10H21N5O. The zero-order valence-electron chi connectivity index (χ0n) is 10.1. The standard InChI is InChI=1S/C10H21N5O/c1-4-5-6-8(11)14-10(16)9(15-12)7(2)13-3/h6,13,15H,4-5,11-12H2,1-3H3,(H,14,16)/b8-6+,9-7-. The zero-order valence-corrected chi connectivity index (χ0v) is 10.1. The van der Waals surface area contributed by atoms with E-state index in [2.05, 4.69) is 16.1 Å². The summed E-state index contributed by atoms with van der Waals surface area (Å²) in [5.41, 5.74) is 8.85. The van der Waals surface area contributed by atoms with Crippen LogP contribution in [-0.4, -0.2) is 13.0 Å². The van der Waals surface area contributed by atoms with E-state index in [1.54, 1.807) is 20.0 Å². The van der Waals surface area contributed by atoms with E-state index < -0.39 is 0 Å². The summed E-state index contributed by atoms with van der Waals surface area (Å²) in [6.07, 6.45) is 3.57. The predicted molar refractivity (Wildman–Crippen MR) is 64.4 cm³/mol. The Hall–Kier alpha value is -1.69. The first-order valence-electron chi connectivity index (χ1n) is 5.19. The van der Waals surface area contributed by atoms with Gasteiger partial charge in [-0.1, -0.05) is 13.3 Å². The van der Waals surface area contributed by atoms with E-state index in [1.807, 2.05) is 6.92 Å². The number of hydrogen-bond donors (Lipinski definition) is 5. The van der Waals surface area contributed by atoms with E-state index in [-0.39, 0.29) is 11.6 Å². The van der Waals surface area contributed by atoms with Gasteiger partial charge in [-0.05, 0) is 19.4 Å². The van der Waals surface area contributed by atoms with Gasteiger partial charge in [0.25, 0.3) is 5.91 Å². The van der Waals surface area contributed by atoms with Crippen LogP contribution in [0.25, 0.3) is 0 Å². The van der Waals surface area contributed by atoms with Crippen LogP contribution in [0, 0.1) is 0 Å². The quantitative estimate of drug-likeness (QED) is 0.242. The summed E-state index contributed by atoms with van der Waals surface area (Å²) >= 11 is 0. The van der Waals surface area contributed by atoms with Gasteiger partial charge >= 0.3 is 0 Å². The van der Waals surface area contributed by atoms with Crippen LogP contribution in [0.4, 0.5) is 0 Å². The van der Waals surface area contributed by atoms with E-state index in [9.17, 15) is 4.79 Å². The minimum Gasteiger partial charge on any atom is -0.390 e. The Bertz CT molecular complexity index is 296. The molecule has 16 heavy (non-hydrogen) atoms. The summed E-state index contributed by atoms with van der Waals surface area (Å²) in [7, 11) is 1.70. The number of allylic oxidation sites excluding steroid dienone is 2. The molecule has 0 saturated carbocycles. The van der Waals surface area contributed by atoms with Gasteiger partial charge in [-0.2, -0.15) is 0 Å². The molecule has 0 atom stereocenters. The summed E-state index contributed by atoms with van der Waals surface area (Å²) in [5, 5.41) is 5.37. The van der Waals surface area contributed by atoms with Crippen molar-refractivity contribution in [3.05, 3.63) is 23.3 Å². The number of carbonyl (C=O) groups is 1. The average Bonchev–Trinajstić information content (AvgIpc) is 2.26. The molecule has 0 fully saturated rings. The molecule has 6 nitrogen and oxygen atoms in total. The fraction of sp³-hybridized carbons (Fsp3) is 0.500. The highest BCUT2D eigenvalue weighted by atomic mass is 16.2. The number of hydrazine groups is 1. The molecule has 0 rings (SSSR count). The van der Waals surface area contributed by atoms with E-state index in [1.165, 1.54) is 0 Å². The topological polar surface area (TPSA) is 105 Å². The highest BCUT2D eigenvalue weighted by Gasteiger charge is 2.11. The smallest absolute Gasteiger partial charge is 0.275 e. The minimum atomic E-state index is -0.362. The van der Waals surface area contributed by atoms with Crippen molar-refractivity contribution in [1.82, 2.24) is 16.1 Å². The first kappa shape index (κ1) is 14.3. The molecule has 1 amide bonds. The molecule has 0 saturated heterocycles. The molecule has 0 radical (unpaired) electrons. The van der Waals surface area contributed by atoms with Crippen LogP contribution in [0.3, 0.4) is 0 Å². The monoisotopic (exact) mass is 227 g/mol. The third kappa shape index (κ3) is 4.70. The van der Waals surface area contributed by atoms with Crippen LogP contribution in [0.1, 0.15) is 26.7 Å². The van der Waals surface area contributed by atoms with Crippen LogP contribution >= 0.6 is 0 Å². The second-order valence-electron chi connectivity index (χ2n) is 3.30. The van der Waals surface area contributed by atoms with Crippen LogP contribution in [0.5, 0.6) is 0 Å². The molecule has 0 aromatic heterocycles. The first-order valence-corrected chi connectivity index (χ1v) is 5.19. The Kier molecular flexibility index (Phi) is 6.78. The molecule has 0 aliphatic rings. The largest absolute Gasteiger partial charge is 0.390 e. The number of nitrogens with two attached hydrogens (primary N) is 2. The number of carbonyl (C=O) groups excluding carboxylic acids is 1. The summed E-state index contributed by atoms with van der Waals surface area (Å²) in [5.74, 6) is 5.23. The number of rotatable bonds is 6. The first-order chi connectivity index (χ1) is 7.56. The second-order valence-corrected chi connectivity index (χ2v) is 3.30. The Labute approximate surface area is 96.1 Å². The maximum atomic E-state index is 11.7. The van der Waals surface area contributed by atoms with Crippen molar-refractivity contribution in [2.75, 3.05) is 7.05 Å².